The first-order chi connectivity index (χ1) is 13.4. The number of hydrogen-bond donors (Lipinski definition) is 1. The summed E-state index contributed by atoms with van der Waals surface area (Å²) in [5, 5.41) is 3.47. The number of carbonyl (C=O) groups is 2. The lowest BCUT2D eigenvalue weighted by molar-refractivity contribution is -0.138. The number of nitrogens with zero attached hydrogens (tertiary/aromatic N) is 1. The van der Waals surface area contributed by atoms with E-state index in [0.717, 1.165) is 16.9 Å². The predicted octanol–water partition coefficient (Wildman–Crippen LogP) is 4.68. The maximum Gasteiger partial charge on any atom is 0.242 e. The Labute approximate surface area is 176 Å². The van der Waals surface area contributed by atoms with Gasteiger partial charge in [0.05, 0.1) is 5.75 Å². The molecule has 1 atom stereocenters. The molecule has 0 spiro atoms. The van der Waals surface area contributed by atoms with E-state index < -0.39 is 6.04 Å². The Hall–Kier alpha value is -1.98. The van der Waals surface area contributed by atoms with Gasteiger partial charge in [-0.2, -0.15) is 0 Å². The van der Waals surface area contributed by atoms with Gasteiger partial charge in [-0.15, -0.1) is 11.8 Å². The first kappa shape index (κ1) is 22.3. The normalized spacial score (nSPS) is 11.7. The van der Waals surface area contributed by atoms with Crippen molar-refractivity contribution in [3.05, 3.63) is 64.7 Å². The van der Waals surface area contributed by atoms with E-state index in [0.29, 0.717) is 18.1 Å². The zero-order valence-electron chi connectivity index (χ0n) is 16.6. The quantitative estimate of drug-likeness (QED) is 0.601. The summed E-state index contributed by atoms with van der Waals surface area (Å²) >= 11 is 7.76. The zero-order chi connectivity index (χ0) is 20.5. The second kappa shape index (κ2) is 11.1. The highest BCUT2D eigenvalue weighted by molar-refractivity contribution is 8.00. The molecule has 0 aromatic heterocycles. The average Bonchev–Trinajstić information content (AvgIpc) is 2.70. The van der Waals surface area contributed by atoms with E-state index in [1.165, 1.54) is 17.3 Å². The molecule has 150 valence electrons. The Morgan fingerprint density at radius 2 is 1.82 bits per heavy atom. The molecular formula is C22H27ClN2O2S. The Bertz CT molecular complexity index is 795. The average molecular weight is 419 g/mol. The van der Waals surface area contributed by atoms with Crippen LogP contribution in [-0.4, -0.2) is 35.1 Å². The number of rotatable bonds is 9. The summed E-state index contributed by atoms with van der Waals surface area (Å²) in [6.45, 7) is 6.68. The lowest BCUT2D eigenvalue weighted by atomic mass is 10.1. The number of aryl methyl sites for hydroxylation is 1. The number of halogens is 1. The van der Waals surface area contributed by atoms with E-state index >= 15 is 0 Å². The van der Waals surface area contributed by atoms with Crippen molar-refractivity contribution >= 4 is 35.2 Å². The molecule has 1 N–H and O–H groups in total. The second-order valence-electron chi connectivity index (χ2n) is 6.68. The fourth-order valence-electron chi connectivity index (χ4n) is 2.65. The van der Waals surface area contributed by atoms with Crippen molar-refractivity contribution in [3.63, 3.8) is 0 Å². The summed E-state index contributed by atoms with van der Waals surface area (Å²) in [6, 6.07) is 14.9. The maximum atomic E-state index is 13.0. The first-order valence-corrected chi connectivity index (χ1v) is 10.8. The van der Waals surface area contributed by atoms with E-state index in [4.69, 9.17) is 11.6 Å². The van der Waals surface area contributed by atoms with Crippen LogP contribution >= 0.6 is 23.4 Å². The first-order valence-electron chi connectivity index (χ1n) is 9.42. The van der Waals surface area contributed by atoms with Crippen LogP contribution in [0.4, 0.5) is 0 Å². The largest absolute Gasteiger partial charge is 0.354 e. The van der Waals surface area contributed by atoms with Crippen molar-refractivity contribution in [3.8, 4) is 0 Å². The smallest absolute Gasteiger partial charge is 0.242 e. The van der Waals surface area contributed by atoms with Gasteiger partial charge in [0.2, 0.25) is 11.8 Å². The molecule has 4 nitrogen and oxygen atoms in total. The highest BCUT2D eigenvalue weighted by Crippen LogP contribution is 2.22. The van der Waals surface area contributed by atoms with Crippen LogP contribution < -0.4 is 5.32 Å². The monoisotopic (exact) mass is 418 g/mol. The van der Waals surface area contributed by atoms with Gasteiger partial charge in [-0.1, -0.05) is 54.4 Å². The number of hydrogen-bond acceptors (Lipinski definition) is 3. The SMILES string of the molecule is CCCNC(=O)[C@@H](C)N(Cc1ccccc1Cl)C(=O)CSc1ccc(C)cc1. The van der Waals surface area contributed by atoms with E-state index in [2.05, 4.69) is 5.32 Å². The number of amides is 2. The Morgan fingerprint density at radius 3 is 2.46 bits per heavy atom. The predicted molar refractivity (Wildman–Crippen MR) is 117 cm³/mol. The van der Waals surface area contributed by atoms with Crippen molar-refractivity contribution in [2.75, 3.05) is 12.3 Å². The molecule has 0 radical (unpaired) electrons. The van der Waals surface area contributed by atoms with Gasteiger partial charge >= 0.3 is 0 Å². The molecule has 6 heteroatoms. The van der Waals surface area contributed by atoms with Crippen LogP contribution in [0, 0.1) is 6.92 Å². The molecule has 0 unspecified atom stereocenters. The summed E-state index contributed by atoms with van der Waals surface area (Å²) in [4.78, 5) is 28.1. The van der Waals surface area contributed by atoms with Crippen molar-refractivity contribution in [2.45, 2.75) is 44.7 Å². The van der Waals surface area contributed by atoms with Crippen LogP contribution in [0.2, 0.25) is 5.02 Å². The number of nitrogens with one attached hydrogen (secondary N) is 1. The minimum Gasteiger partial charge on any atom is -0.354 e. The minimum atomic E-state index is -0.575. The lowest BCUT2D eigenvalue weighted by Crippen LogP contribution is -2.48. The molecule has 0 aliphatic heterocycles. The summed E-state index contributed by atoms with van der Waals surface area (Å²) in [5.41, 5.74) is 2.00. The molecule has 0 aliphatic rings. The van der Waals surface area contributed by atoms with Crippen LogP contribution in [0.25, 0.3) is 0 Å². The third-order valence-corrected chi connectivity index (χ3v) is 5.76. The van der Waals surface area contributed by atoms with Gasteiger partial charge in [0.25, 0.3) is 0 Å². The molecule has 28 heavy (non-hydrogen) atoms. The van der Waals surface area contributed by atoms with Gasteiger partial charge < -0.3 is 10.2 Å². The molecule has 0 bridgehead atoms. The van der Waals surface area contributed by atoms with E-state index in [1.54, 1.807) is 17.9 Å². The third-order valence-electron chi connectivity index (χ3n) is 4.40. The van der Waals surface area contributed by atoms with Crippen molar-refractivity contribution in [1.29, 1.82) is 0 Å². The minimum absolute atomic E-state index is 0.0929. The Kier molecular flexibility index (Phi) is 8.87. The highest BCUT2D eigenvalue weighted by Gasteiger charge is 2.26. The van der Waals surface area contributed by atoms with Crippen LogP contribution in [0.3, 0.4) is 0 Å². The van der Waals surface area contributed by atoms with Crippen LogP contribution in [0.1, 0.15) is 31.4 Å². The topological polar surface area (TPSA) is 49.4 Å². The molecule has 0 saturated heterocycles. The molecular weight excluding hydrogens is 392 g/mol. The van der Waals surface area contributed by atoms with Gasteiger partial charge in [0.1, 0.15) is 6.04 Å². The molecule has 0 aliphatic carbocycles. The Morgan fingerprint density at radius 1 is 1.14 bits per heavy atom. The van der Waals surface area contributed by atoms with Crippen molar-refractivity contribution < 1.29 is 9.59 Å². The molecule has 2 aromatic carbocycles. The van der Waals surface area contributed by atoms with Gasteiger partial charge in [-0.3, -0.25) is 9.59 Å². The molecule has 2 rings (SSSR count). The van der Waals surface area contributed by atoms with Gasteiger partial charge in [0, 0.05) is 23.0 Å². The molecule has 2 aromatic rings. The standard InChI is InChI=1S/C22H27ClN2O2S/c1-4-13-24-22(27)17(3)25(14-18-7-5-6-8-20(18)23)21(26)15-28-19-11-9-16(2)10-12-19/h5-12,17H,4,13-15H2,1-3H3,(H,24,27)/t17-/m1/s1. The van der Waals surface area contributed by atoms with Gasteiger partial charge in [-0.25, -0.2) is 0 Å². The lowest BCUT2D eigenvalue weighted by Gasteiger charge is -2.29. The molecule has 0 saturated carbocycles. The second-order valence-corrected chi connectivity index (χ2v) is 8.14. The summed E-state index contributed by atoms with van der Waals surface area (Å²) in [7, 11) is 0. The summed E-state index contributed by atoms with van der Waals surface area (Å²) < 4.78 is 0. The van der Waals surface area contributed by atoms with E-state index in [1.807, 2.05) is 56.3 Å². The van der Waals surface area contributed by atoms with E-state index in [9.17, 15) is 9.59 Å². The number of benzene rings is 2. The molecule has 0 fully saturated rings. The van der Waals surface area contributed by atoms with Crippen molar-refractivity contribution in [2.24, 2.45) is 0 Å². The van der Waals surface area contributed by atoms with Gasteiger partial charge in [0.15, 0.2) is 0 Å². The third kappa shape index (κ3) is 6.57. The highest BCUT2D eigenvalue weighted by atomic mass is 35.5. The van der Waals surface area contributed by atoms with Crippen LogP contribution in [0.15, 0.2) is 53.4 Å². The van der Waals surface area contributed by atoms with Crippen LogP contribution in [0.5, 0.6) is 0 Å². The summed E-state index contributed by atoms with van der Waals surface area (Å²) in [6.07, 6.45) is 0.847. The zero-order valence-corrected chi connectivity index (χ0v) is 18.1. The summed E-state index contributed by atoms with van der Waals surface area (Å²) in [5.74, 6) is 0.0195. The van der Waals surface area contributed by atoms with Gasteiger partial charge in [-0.05, 0) is 44.0 Å². The maximum absolute atomic E-state index is 13.0. The van der Waals surface area contributed by atoms with Crippen LogP contribution in [-0.2, 0) is 16.1 Å². The molecule has 2 amide bonds. The van der Waals surface area contributed by atoms with E-state index in [-0.39, 0.29) is 17.6 Å². The number of carbonyl (C=O) groups excluding carboxylic acids is 2. The fourth-order valence-corrected chi connectivity index (χ4v) is 3.63. The number of thioether (sulfide) groups is 1. The molecule has 0 heterocycles. The van der Waals surface area contributed by atoms with Crippen molar-refractivity contribution in [1.82, 2.24) is 10.2 Å². The Balaban J connectivity index is 2.13. The fraction of sp³-hybridized carbons (Fsp3) is 0.364.